The lowest BCUT2D eigenvalue weighted by Gasteiger charge is -2.23. The van der Waals surface area contributed by atoms with Gasteiger partial charge < -0.3 is 4.42 Å². The summed E-state index contributed by atoms with van der Waals surface area (Å²) in [5, 5.41) is 2.19. The van der Waals surface area contributed by atoms with Crippen molar-refractivity contribution in [3.8, 4) is 33.6 Å². The van der Waals surface area contributed by atoms with Crippen LogP contribution in [0.25, 0.3) is 61.7 Å². The molecule has 3 nitrogen and oxygen atoms in total. The molecule has 5 heterocycles. The van der Waals surface area contributed by atoms with Gasteiger partial charge in [-0.1, -0.05) is 75.4 Å². The highest BCUT2D eigenvalue weighted by Gasteiger charge is 2.67. The van der Waals surface area contributed by atoms with Gasteiger partial charge in [-0.15, -0.1) is 9.13 Å². The van der Waals surface area contributed by atoms with Crippen molar-refractivity contribution in [2.45, 2.75) is 53.1 Å². The summed E-state index contributed by atoms with van der Waals surface area (Å²) in [5.41, 5.74) is 14.4. The van der Waals surface area contributed by atoms with E-state index in [1.807, 2.05) is 20.8 Å². The Hall–Kier alpha value is -5.28. The maximum absolute atomic E-state index is 9.79. The Morgan fingerprint density at radius 1 is 0.750 bits per heavy atom. The van der Waals surface area contributed by atoms with Crippen LogP contribution >= 0.6 is 0 Å². The number of benzene rings is 4. The first-order chi connectivity index (χ1) is 24.0. The molecule has 48 heavy (non-hydrogen) atoms. The van der Waals surface area contributed by atoms with Crippen LogP contribution in [-0.2, 0) is 18.5 Å². The topological polar surface area (TPSA) is 20.9 Å². The van der Waals surface area contributed by atoms with Gasteiger partial charge in [0.25, 0.3) is 0 Å². The van der Waals surface area contributed by atoms with Crippen molar-refractivity contribution in [1.29, 1.82) is 0 Å². The molecule has 7 aromatic rings. The number of hydrogen-bond acceptors (Lipinski definition) is 1. The quantitative estimate of drug-likeness (QED) is 0.175. The van der Waals surface area contributed by atoms with Gasteiger partial charge in [-0.05, 0) is 90.2 Å². The molecule has 232 valence electrons. The number of pyridine rings is 2. The second-order valence-electron chi connectivity index (χ2n) is 14.8. The Labute approximate surface area is 284 Å². The van der Waals surface area contributed by atoms with Gasteiger partial charge in [-0.25, -0.2) is 0 Å². The standard InChI is InChI=1S/C45H38N2O/c1-27-12-10-13-28(2)40(27)35-26-47-39(24-30(35)25-44(3,4)5)41-37(45(47)36-17-7-6-15-34(36)38-18-8-9-23-46(38)45)22-21-33-32-20-19-29-14-11-16-31(29)42(32)48-43(33)41/h6-13,15-24,26H,14,25H2,1-5H3/q+2/i25D2. The summed E-state index contributed by atoms with van der Waals surface area (Å²) in [6.45, 7) is 10.3. The Balaban J connectivity index is 1.43. The highest BCUT2D eigenvalue weighted by Crippen LogP contribution is 2.52. The molecule has 3 heteroatoms. The number of fused-ring (bicyclic) bond motifs is 16. The van der Waals surface area contributed by atoms with Crippen molar-refractivity contribution >= 4 is 28.0 Å². The Bertz CT molecular complexity index is 2610. The molecule has 4 aromatic carbocycles. The highest BCUT2D eigenvalue weighted by atomic mass is 16.3. The van der Waals surface area contributed by atoms with Gasteiger partial charge in [0.2, 0.25) is 11.4 Å². The van der Waals surface area contributed by atoms with Crippen LogP contribution in [0.15, 0.2) is 114 Å². The van der Waals surface area contributed by atoms with Crippen molar-refractivity contribution < 1.29 is 16.3 Å². The van der Waals surface area contributed by atoms with Crippen LogP contribution in [0.5, 0.6) is 0 Å². The zero-order valence-corrected chi connectivity index (χ0v) is 28.0. The molecule has 0 saturated heterocycles. The summed E-state index contributed by atoms with van der Waals surface area (Å²) in [5.74, 6) is 0. The van der Waals surface area contributed by atoms with E-state index in [0.717, 1.165) is 78.7 Å². The van der Waals surface area contributed by atoms with Crippen LogP contribution in [0.4, 0.5) is 0 Å². The van der Waals surface area contributed by atoms with E-state index in [9.17, 15) is 2.74 Å². The molecule has 1 atom stereocenters. The van der Waals surface area contributed by atoms with Crippen molar-refractivity contribution in [2.75, 3.05) is 0 Å². The number of hydrogen-bond donors (Lipinski definition) is 0. The fourth-order valence-electron chi connectivity index (χ4n) is 8.87. The summed E-state index contributed by atoms with van der Waals surface area (Å²) in [6.07, 6.45) is 8.11. The molecular formula is C45H38N2O+2. The smallest absolute Gasteiger partial charge is 0.417 e. The number of allylic oxidation sites excluding steroid dienone is 1. The van der Waals surface area contributed by atoms with Crippen molar-refractivity contribution in [3.05, 3.63) is 148 Å². The van der Waals surface area contributed by atoms with Crippen LogP contribution in [0.3, 0.4) is 0 Å². The number of aryl methyl sites for hydroxylation is 2. The molecule has 0 radical (unpaired) electrons. The Morgan fingerprint density at radius 3 is 2.35 bits per heavy atom. The number of nitrogens with zero attached hydrogens (tertiary/aromatic N) is 2. The summed E-state index contributed by atoms with van der Waals surface area (Å²) < 4.78 is 31.5. The van der Waals surface area contributed by atoms with E-state index in [-0.39, 0.29) is 0 Å². The van der Waals surface area contributed by atoms with Crippen LogP contribution < -0.4 is 9.13 Å². The van der Waals surface area contributed by atoms with Crippen molar-refractivity contribution in [1.82, 2.24) is 0 Å². The predicted molar refractivity (Wildman–Crippen MR) is 194 cm³/mol. The summed E-state index contributed by atoms with van der Waals surface area (Å²) in [6, 6.07) is 32.7. The first-order valence-electron chi connectivity index (χ1n) is 18.0. The van der Waals surface area contributed by atoms with E-state index < -0.39 is 17.5 Å². The molecule has 0 amide bonds. The van der Waals surface area contributed by atoms with E-state index in [2.05, 4.69) is 139 Å². The Kier molecular flexibility index (Phi) is 5.05. The fourth-order valence-corrected chi connectivity index (χ4v) is 8.87. The minimum Gasteiger partial charge on any atom is -0.454 e. The first kappa shape index (κ1) is 25.8. The SMILES string of the molecule is [2H]C([2H])(c1cc2[n+](cc1-c1c(C)cccc1C)C1(c3ccccc3-c3cccc[n+]31)c1ccc3c(oc4c5c(ccc43)CC=C5)c1-2)C(C)(C)C. The van der Waals surface area contributed by atoms with Gasteiger partial charge in [-0.3, -0.25) is 0 Å². The normalized spacial score (nSPS) is 17.8. The zero-order valence-electron chi connectivity index (χ0n) is 30.0. The monoisotopic (exact) mass is 624 g/mol. The minimum absolute atomic E-state index is 0.671. The van der Waals surface area contributed by atoms with Crippen LogP contribution in [0.2, 0.25) is 0 Å². The second-order valence-corrected chi connectivity index (χ2v) is 14.8. The van der Waals surface area contributed by atoms with Gasteiger partial charge in [0, 0.05) is 42.8 Å². The van der Waals surface area contributed by atoms with Gasteiger partial charge in [0.1, 0.15) is 27.9 Å². The van der Waals surface area contributed by atoms with E-state index in [4.69, 9.17) is 4.42 Å². The molecule has 1 aliphatic carbocycles. The molecule has 3 aromatic heterocycles. The average Bonchev–Trinajstić information content (AvgIpc) is 3.85. The third-order valence-corrected chi connectivity index (χ3v) is 10.7. The molecule has 0 fully saturated rings. The summed E-state index contributed by atoms with van der Waals surface area (Å²) in [4.78, 5) is 0. The van der Waals surface area contributed by atoms with Gasteiger partial charge in [-0.2, -0.15) is 0 Å². The molecular weight excluding hydrogens is 585 g/mol. The van der Waals surface area contributed by atoms with Crippen molar-refractivity contribution in [2.24, 2.45) is 5.41 Å². The maximum Gasteiger partial charge on any atom is 0.417 e. The molecule has 10 rings (SSSR count). The third kappa shape index (κ3) is 3.49. The van der Waals surface area contributed by atoms with Crippen molar-refractivity contribution in [3.63, 3.8) is 0 Å². The average molecular weight is 625 g/mol. The lowest BCUT2D eigenvalue weighted by Crippen LogP contribution is -2.71. The van der Waals surface area contributed by atoms with Gasteiger partial charge >= 0.3 is 5.66 Å². The zero-order chi connectivity index (χ0) is 34.3. The van der Waals surface area contributed by atoms with Crippen LogP contribution in [0, 0.1) is 19.3 Å². The number of furan rings is 1. The van der Waals surface area contributed by atoms with Gasteiger partial charge in [0.15, 0.2) is 12.4 Å². The van der Waals surface area contributed by atoms with Gasteiger partial charge in [0.05, 0.1) is 5.56 Å². The van der Waals surface area contributed by atoms with E-state index in [1.54, 1.807) is 0 Å². The molecule has 3 aliphatic rings. The highest BCUT2D eigenvalue weighted by molar-refractivity contribution is 6.12. The molecule has 1 unspecified atom stereocenters. The minimum atomic E-state index is -1.66. The van der Waals surface area contributed by atoms with E-state index in [1.165, 1.54) is 16.7 Å². The summed E-state index contributed by atoms with van der Waals surface area (Å²) >= 11 is 0. The maximum atomic E-state index is 9.79. The number of rotatable bonds is 2. The third-order valence-electron chi connectivity index (χ3n) is 10.7. The fraction of sp³-hybridized carbons (Fsp3) is 0.200. The lowest BCUT2D eigenvalue weighted by atomic mass is 9.83. The summed E-state index contributed by atoms with van der Waals surface area (Å²) in [7, 11) is 0. The largest absolute Gasteiger partial charge is 0.454 e. The van der Waals surface area contributed by atoms with E-state index in [0.29, 0.717) is 5.56 Å². The van der Waals surface area contributed by atoms with E-state index >= 15 is 0 Å². The lowest BCUT2D eigenvalue weighted by molar-refractivity contribution is -0.954. The molecule has 0 N–H and O–H groups in total. The second kappa shape index (κ2) is 9.41. The molecule has 2 aliphatic heterocycles. The van der Waals surface area contributed by atoms with Crippen LogP contribution in [-0.4, -0.2) is 0 Å². The molecule has 0 saturated carbocycles. The first-order valence-corrected chi connectivity index (χ1v) is 17.0. The predicted octanol–water partition coefficient (Wildman–Crippen LogP) is 9.86. The molecule has 0 bridgehead atoms. The number of aromatic nitrogens is 2. The Morgan fingerprint density at radius 2 is 1.52 bits per heavy atom. The van der Waals surface area contributed by atoms with Crippen LogP contribution in [0.1, 0.15) is 62.5 Å². The molecule has 1 spiro atoms.